The highest BCUT2D eigenvalue weighted by Gasteiger charge is 2.13. The molecule has 0 aromatic heterocycles. The molecule has 0 heterocycles. The third-order valence-electron chi connectivity index (χ3n) is 1.95. The van der Waals surface area contributed by atoms with Gasteiger partial charge in [-0.15, -0.1) is 0 Å². The van der Waals surface area contributed by atoms with E-state index in [0.29, 0.717) is 17.3 Å². The number of amides is 1. The zero-order valence-electron chi connectivity index (χ0n) is 11.2. The van der Waals surface area contributed by atoms with Gasteiger partial charge in [-0.25, -0.2) is 0 Å². The van der Waals surface area contributed by atoms with Crippen LogP contribution < -0.4 is 10.6 Å². The summed E-state index contributed by atoms with van der Waals surface area (Å²) in [5.41, 5.74) is 0. The van der Waals surface area contributed by atoms with E-state index in [2.05, 4.69) is 45.3 Å². The van der Waals surface area contributed by atoms with Gasteiger partial charge in [-0.3, -0.25) is 4.79 Å². The van der Waals surface area contributed by atoms with Gasteiger partial charge in [0.15, 0.2) is 0 Å². The number of carbonyl (C=O) groups excluding carboxylic acids is 1. The lowest BCUT2D eigenvalue weighted by Crippen LogP contribution is -2.39. The molecule has 96 valence electrons. The Balaban J connectivity index is 3.57. The highest BCUT2D eigenvalue weighted by molar-refractivity contribution is 8.00. The minimum absolute atomic E-state index is 0.0921. The molecule has 3 nitrogen and oxygen atoms in total. The lowest BCUT2D eigenvalue weighted by Gasteiger charge is -2.21. The van der Waals surface area contributed by atoms with E-state index >= 15 is 0 Å². The second kappa shape index (κ2) is 7.96. The SMILES string of the molecule is CCCNC(=O)CNC(C)CSC(C)(C)C. The molecule has 0 aromatic carbocycles. The predicted octanol–water partition coefficient (Wildman–Crippen LogP) is 2.02. The standard InChI is InChI=1S/C12H26N2OS/c1-6-7-13-11(15)8-14-10(2)9-16-12(3,4)5/h10,14H,6-9H2,1-5H3,(H,13,15). The Bertz CT molecular complexity index is 202. The monoisotopic (exact) mass is 246 g/mol. The van der Waals surface area contributed by atoms with Crippen molar-refractivity contribution in [3.63, 3.8) is 0 Å². The van der Waals surface area contributed by atoms with Crippen LogP contribution in [0.25, 0.3) is 0 Å². The molecule has 0 aromatic rings. The van der Waals surface area contributed by atoms with Gasteiger partial charge in [0.2, 0.25) is 5.91 Å². The van der Waals surface area contributed by atoms with Crippen molar-refractivity contribution in [1.82, 2.24) is 10.6 Å². The van der Waals surface area contributed by atoms with Crippen molar-refractivity contribution >= 4 is 17.7 Å². The molecule has 0 radical (unpaired) electrons. The summed E-state index contributed by atoms with van der Waals surface area (Å²) in [6, 6.07) is 0.372. The van der Waals surface area contributed by atoms with Crippen molar-refractivity contribution in [2.75, 3.05) is 18.8 Å². The Hall–Kier alpha value is -0.220. The molecule has 0 saturated carbocycles. The van der Waals surface area contributed by atoms with Gasteiger partial charge in [0.1, 0.15) is 0 Å². The Morgan fingerprint density at radius 1 is 1.38 bits per heavy atom. The van der Waals surface area contributed by atoms with Crippen molar-refractivity contribution in [2.45, 2.75) is 51.8 Å². The van der Waals surface area contributed by atoms with Gasteiger partial charge < -0.3 is 10.6 Å². The van der Waals surface area contributed by atoms with E-state index in [0.717, 1.165) is 18.7 Å². The zero-order valence-corrected chi connectivity index (χ0v) is 12.0. The molecule has 4 heteroatoms. The quantitative estimate of drug-likeness (QED) is 0.722. The van der Waals surface area contributed by atoms with Gasteiger partial charge in [0.25, 0.3) is 0 Å². The normalized spacial score (nSPS) is 13.6. The maximum atomic E-state index is 11.3. The van der Waals surface area contributed by atoms with Crippen LogP contribution in [0.4, 0.5) is 0 Å². The Kier molecular flexibility index (Phi) is 7.85. The molecule has 0 rings (SSSR count). The Morgan fingerprint density at radius 3 is 2.50 bits per heavy atom. The molecule has 1 unspecified atom stereocenters. The number of carbonyl (C=O) groups is 1. The van der Waals surface area contributed by atoms with Crippen LogP contribution in [-0.4, -0.2) is 35.5 Å². The van der Waals surface area contributed by atoms with E-state index in [9.17, 15) is 4.79 Å². The Morgan fingerprint density at radius 2 is 2.00 bits per heavy atom. The summed E-state index contributed by atoms with van der Waals surface area (Å²) in [5, 5.41) is 6.08. The third kappa shape index (κ3) is 10.3. The third-order valence-corrected chi connectivity index (χ3v) is 3.48. The molecule has 2 N–H and O–H groups in total. The number of rotatable bonds is 7. The highest BCUT2D eigenvalue weighted by Crippen LogP contribution is 2.23. The molecule has 1 amide bonds. The van der Waals surface area contributed by atoms with Gasteiger partial charge in [0, 0.05) is 23.1 Å². The fraction of sp³-hybridized carbons (Fsp3) is 0.917. The fourth-order valence-corrected chi connectivity index (χ4v) is 1.90. The smallest absolute Gasteiger partial charge is 0.233 e. The molecule has 0 aliphatic rings. The molecule has 0 aliphatic heterocycles. The van der Waals surface area contributed by atoms with Crippen molar-refractivity contribution < 1.29 is 4.79 Å². The number of nitrogens with one attached hydrogen (secondary N) is 2. The molecular weight excluding hydrogens is 220 g/mol. The van der Waals surface area contributed by atoms with Crippen LogP contribution >= 0.6 is 11.8 Å². The van der Waals surface area contributed by atoms with Crippen LogP contribution in [-0.2, 0) is 4.79 Å². The molecule has 0 aliphatic carbocycles. The number of thioether (sulfide) groups is 1. The summed E-state index contributed by atoms with van der Waals surface area (Å²) >= 11 is 1.92. The first-order valence-corrected chi connectivity index (χ1v) is 6.97. The van der Waals surface area contributed by atoms with Crippen LogP contribution in [0.3, 0.4) is 0 Å². The molecule has 16 heavy (non-hydrogen) atoms. The van der Waals surface area contributed by atoms with E-state index in [-0.39, 0.29) is 5.91 Å². The van der Waals surface area contributed by atoms with Gasteiger partial charge in [-0.2, -0.15) is 11.8 Å². The average Bonchev–Trinajstić information content (AvgIpc) is 2.19. The van der Waals surface area contributed by atoms with Crippen molar-refractivity contribution in [2.24, 2.45) is 0 Å². The summed E-state index contributed by atoms with van der Waals surface area (Å²) < 4.78 is 0.292. The Labute approximate surface area is 104 Å². The lowest BCUT2D eigenvalue weighted by atomic mass is 10.3. The van der Waals surface area contributed by atoms with Crippen LogP contribution in [0.15, 0.2) is 0 Å². The van der Waals surface area contributed by atoms with Crippen molar-refractivity contribution in [3.05, 3.63) is 0 Å². The first-order chi connectivity index (χ1) is 7.35. The van der Waals surface area contributed by atoms with Crippen molar-refractivity contribution in [3.8, 4) is 0 Å². The van der Waals surface area contributed by atoms with E-state index < -0.39 is 0 Å². The lowest BCUT2D eigenvalue weighted by molar-refractivity contribution is -0.120. The highest BCUT2D eigenvalue weighted by atomic mass is 32.2. The predicted molar refractivity (Wildman–Crippen MR) is 73.0 cm³/mol. The van der Waals surface area contributed by atoms with Crippen LogP contribution in [0.1, 0.15) is 41.0 Å². The first-order valence-electron chi connectivity index (χ1n) is 5.99. The summed E-state index contributed by atoms with van der Waals surface area (Å²) in [7, 11) is 0. The second-order valence-electron chi connectivity index (χ2n) is 5.06. The van der Waals surface area contributed by atoms with Gasteiger partial charge in [0.05, 0.1) is 6.54 Å². The molecular formula is C12H26N2OS. The number of hydrogen-bond donors (Lipinski definition) is 2. The van der Waals surface area contributed by atoms with Gasteiger partial charge >= 0.3 is 0 Å². The van der Waals surface area contributed by atoms with Crippen LogP contribution in [0.5, 0.6) is 0 Å². The molecule has 1 atom stereocenters. The van der Waals surface area contributed by atoms with E-state index in [4.69, 9.17) is 0 Å². The van der Waals surface area contributed by atoms with Crippen molar-refractivity contribution in [1.29, 1.82) is 0 Å². The van der Waals surface area contributed by atoms with Gasteiger partial charge in [-0.1, -0.05) is 27.7 Å². The van der Waals surface area contributed by atoms with Gasteiger partial charge in [-0.05, 0) is 13.3 Å². The maximum Gasteiger partial charge on any atom is 0.233 e. The fourth-order valence-electron chi connectivity index (χ4n) is 1.03. The minimum Gasteiger partial charge on any atom is -0.355 e. The largest absolute Gasteiger partial charge is 0.355 e. The topological polar surface area (TPSA) is 41.1 Å². The molecule has 0 fully saturated rings. The van der Waals surface area contributed by atoms with E-state index in [1.807, 2.05) is 11.8 Å². The first kappa shape index (κ1) is 15.8. The summed E-state index contributed by atoms with van der Waals surface area (Å²) in [6.07, 6.45) is 0.987. The van der Waals surface area contributed by atoms with Crippen LogP contribution in [0.2, 0.25) is 0 Å². The summed E-state index contributed by atoms with van der Waals surface area (Å²) in [4.78, 5) is 11.3. The van der Waals surface area contributed by atoms with E-state index in [1.54, 1.807) is 0 Å². The summed E-state index contributed by atoms with van der Waals surface area (Å²) in [5.74, 6) is 1.12. The molecule has 0 spiro atoms. The van der Waals surface area contributed by atoms with Crippen LogP contribution in [0, 0.1) is 0 Å². The second-order valence-corrected chi connectivity index (χ2v) is 6.90. The maximum absolute atomic E-state index is 11.3. The average molecular weight is 246 g/mol. The number of hydrogen-bond acceptors (Lipinski definition) is 3. The summed E-state index contributed by atoms with van der Waals surface area (Å²) in [6.45, 7) is 12.0. The molecule has 0 bridgehead atoms. The van der Waals surface area contributed by atoms with E-state index in [1.165, 1.54) is 0 Å². The molecule has 0 saturated heterocycles. The minimum atomic E-state index is 0.0921. The zero-order chi connectivity index (χ0) is 12.6.